The van der Waals surface area contributed by atoms with Crippen molar-refractivity contribution in [2.75, 3.05) is 29.9 Å². The van der Waals surface area contributed by atoms with Crippen molar-refractivity contribution in [2.45, 2.75) is 30.6 Å². The van der Waals surface area contributed by atoms with Crippen LogP contribution in [0.1, 0.15) is 25.7 Å². The Labute approximate surface area is 165 Å². The van der Waals surface area contributed by atoms with Gasteiger partial charge < -0.3 is 19.9 Å². The lowest BCUT2D eigenvalue weighted by atomic mass is 9.97. The van der Waals surface area contributed by atoms with Crippen molar-refractivity contribution in [1.82, 2.24) is 4.98 Å². The fourth-order valence-corrected chi connectivity index (χ4v) is 4.72. The summed E-state index contributed by atoms with van der Waals surface area (Å²) < 4.78 is 21.4. The van der Waals surface area contributed by atoms with E-state index in [0.29, 0.717) is 28.1 Å². The molecule has 1 aromatic carbocycles. The monoisotopic (exact) mass is 401 g/mol. The molecule has 2 heterocycles. The van der Waals surface area contributed by atoms with Crippen LogP contribution in [-0.4, -0.2) is 44.5 Å². The minimum atomic E-state index is -2.12. The van der Waals surface area contributed by atoms with Crippen LogP contribution in [0.25, 0.3) is 10.9 Å². The second-order valence-electron chi connectivity index (χ2n) is 8.28. The van der Waals surface area contributed by atoms with Crippen molar-refractivity contribution >= 4 is 39.4 Å². The molecular weight excluding hydrogens is 378 g/mol. The Morgan fingerprint density at radius 1 is 1.29 bits per heavy atom. The van der Waals surface area contributed by atoms with Crippen LogP contribution in [0.5, 0.6) is 0 Å². The number of rotatable bonds is 5. The van der Waals surface area contributed by atoms with Gasteiger partial charge >= 0.3 is 0 Å². The van der Waals surface area contributed by atoms with Crippen LogP contribution in [0.2, 0.25) is 0 Å². The second-order valence-corrected chi connectivity index (χ2v) is 9.25. The van der Waals surface area contributed by atoms with Gasteiger partial charge in [0, 0.05) is 30.8 Å². The lowest BCUT2D eigenvalue weighted by Crippen LogP contribution is -2.34. The minimum absolute atomic E-state index is 0.0394. The Bertz CT molecular complexity index is 981. The van der Waals surface area contributed by atoms with Gasteiger partial charge in [-0.05, 0) is 61.8 Å². The number of amides is 1. The summed E-state index contributed by atoms with van der Waals surface area (Å²) in [6, 6.07) is 7.08. The van der Waals surface area contributed by atoms with Gasteiger partial charge in [0.2, 0.25) is 5.91 Å². The van der Waals surface area contributed by atoms with E-state index < -0.39 is 11.1 Å². The average Bonchev–Trinajstić information content (AvgIpc) is 3.57. The first-order valence-corrected chi connectivity index (χ1v) is 10.8. The van der Waals surface area contributed by atoms with Crippen molar-refractivity contribution in [2.24, 2.45) is 17.3 Å². The molecule has 0 spiro atoms. The molecule has 2 aliphatic carbocycles. The largest absolute Gasteiger partial charge is 0.396 e. The van der Waals surface area contributed by atoms with Crippen molar-refractivity contribution in [1.29, 1.82) is 0 Å². The zero-order valence-electron chi connectivity index (χ0n) is 15.4. The lowest BCUT2D eigenvalue weighted by Gasteiger charge is -2.33. The van der Waals surface area contributed by atoms with Gasteiger partial charge in [-0.2, -0.15) is 0 Å². The van der Waals surface area contributed by atoms with Gasteiger partial charge in [0.1, 0.15) is 5.82 Å². The number of nitrogens with one attached hydrogen (secondary N) is 1. The molecule has 3 fully saturated rings. The van der Waals surface area contributed by atoms with E-state index in [1.54, 1.807) is 18.2 Å². The number of carbonyl (C=O) groups excluding carboxylic acids is 1. The van der Waals surface area contributed by atoms with Gasteiger partial charge in [-0.25, -0.2) is 9.19 Å². The van der Waals surface area contributed by atoms with Crippen molar-refractivity contribution in [3.05, 3.63) is 24.3 Å². The van der Waals surface area contributed by atoms with Crippen molar-refractivity contribution in [3.63, 3.8) is 0 Å². The standard InChI is InChI=1S/C20H23N3O4S/c24-11-12-3-5-23(6-4-12)17-8-14(28(26)27)7-16-15(17)1-2-18(21-16)22-19(25)20-9-13(20)10-20/h1-2,7-8,12-13,24H,3-6,9-11H2,(H,26,27)(H,21,22,25). The number of aliphatic hydroxyl groups excluding tert-OH is 1. The molecule has 2 saturated carbocycles. The summed E-state index contributed by atoms with van der Waals surface area (Å²) in [6.07, 6.45) is 3.73. The summed E-state index contributed by atoms with van der Waals surface area (Å²) in [4.78, 5) is 19.4. The Hall–Kier alpha value is -2.03. The molecule has 1 unspecified atom stereocenters. The van der Waals surface area contributed by atoms with Gasteiger partial charge in [-0.1, -0.05) is 0 Å². The molecule has 1 aromatic heterocycles. The zero-order chi connectivity index (χ0) is 19.5. The van der Waals surface area contributed by atoms with Crippen LogP contribution in [0, 0.1) is 17.3 Å². The maximum absolute atomic E-state index is 12.4. The number of aromatic nitrogens is 1. The number of benzene rings is 1. The van der Waals surface area contributed by atoms with Gasteiger partial charge in [-0.3, -0.25) is 4.79 Å². The number of hydrogen-bond acceptors (Lipinski definition) is 5. The summed E-state index contributed by atoms with van der Waals surface area (Å²) in [5.74, 6) is 1.39. The topological polar surface area (TPSA) is 103 Å². The van der Waals surface area contributed by atoms with Crippen molar-refractivity contribution in [3.8, 4) is 0 Å². The molecule has 28 heavy (non-hydrogen) atoms. The smallest absolute Gasteiger partial charge is 0.232 e. The predicted octanol–water partition coefficient (Wildman–Crippen LogP) is 2.37. The Morgan fingerprint density at radius 3 is 2.61 bits per heavy atom. The highest BCUT2D eigenvalue weighted by atomic mass is 32.2. The fourth-order valence-electron chi connectivity index (χ4n) is 4.29. The molecule has 1 aliphatic heterocycles. The molecule has 2 aromatic rings. The summed E-state index contributed by atoms with van der Waals surface area (Å²) in [5.41, 5.74) is 1.34. The predicted molar refractivity (Wildman–Crippen MR) is 107 cm³/mol. The molecule has 148 valence electrons. The minimum Gasteiger partial charge on any atom is -0.396 e. The summed E-state index contributed by atoms with van der Waals surface area (Å²) in [6.45, 7) is 1.76. The number of aliphatic hydroxyl groups is 1. The van der Waals surface area contributed by atoms with Gasteiger partial charge in [0.05, 0.1) is 15.8 Å². The van der Waals surface area contributed by atoms with Crippen LogP contribution in [0.3, 0.4) is 0 Å². The maximum atomic E-state index is 12.4. The highest BCUT2D eigenvalue weighted by Crippen LogP contribution is 2.75. The third kappa shape index (κ3) is 3.00. The number of carbonyl (C=O) groups is 1. The summed E-state index contributed by atoms with van der Waals surface area (Å²) in [5, 5.41) is 13.2. The number of piperidine rings is 1. The van der Waals surface area contributed by atoms with E-state index in [-0.39, 0.29) is 17.9 Å². The number of anilines is 2. The van der Waals surface area contributed by atoms with E-state index in [4.69, 9.17) is 0 Å². The Balaban J connectivity index is 1.48. The molecule has 0 radical (unpaired) electrons. The molecular formula is C20H23N3O4S. The number of fused-ring (bicyclic) bond motifs is 2. The average molecular weight is 401 g/mol. The van der Waals surface area contributed by atoms with Gasteiger partial charge in [0.15, 0.2) is 11.1 Å². The molecule has 5 rings (SSSR count). The molecule has 7 nitrogen and oxygen atoms in total. The fraction of sp³-hybridized carbons (Fsp3) is 0.500. The van der Waals surface area contributed by atoms with E-state index in [2.05, 4.69) is 15.2 Å². The Kier molecular flexibility index (Phi) is 4.19. The second kappa shape index (κ2) is 6.50. The molecule has 1 amide bonds. The maximum Gasteiger partial charge on any atom is 0.232 e. The molecule has 0 bridgehead atoms. The van der Waals surface area contributed by atoms with E-state index in [9.17, 15) is 18.7 Å². The first kappa shape index (κ1) is 18.0. The number of pyridine rings is 1. The van der Waals surface area contributed by atoms with E-state index in [0.717, 1.165) is 49.8 Å². The van der Waals surface area contributed by atoms with Crippen molar-refractivity contribution < 1.29 is 18.7 Å². The molecule has 1 atom stereocenters. The Morgan fingerprint density at radius 2 is 2.00 bits per heavy atom. The summed E-state index contributed by atoms with van der Waals surface area (Å²) in [7, 11) is 0. The number of hydrogen-bond donors (Lipinski definition) is 3. The highest BCUT2D eigenvalue weighted by molar-refractivity contribution is 7.79. The first-order valence-electron chi connectivity index (χ1n) is 9.73. The third-order valence-electron chi connectivity index (χ3n) is 6.55. The normalized spacial score (nSPS) is 27.4. The molecule has 8 heteroatoms. The lowest BCUT2D eigenvalue weighted by molar-refractivity contribution is -0.119. The van der Waals surface area contributed by atoms with Gasteiger partial charge in [0.25, 0.3) is 0 Å². The van der Waals surface area contributed by atoms with Gasteiger partial charge in [-0.15, -0.1) is 0 Å². The van der Waals surface area contributed by atoms with Crippen LogP contribution in [-0.2, 0) is 15.9 Å². The summed E-state index contributed by atoms with van der Waals surface area (Å²) >= 11 is -2.12. The quantitative estimate of drug-likeness (QED) is 0.665. The number of nitrogens with zero attached hydrogens (tertiary/aromatic N) is 2. The van der Waals surface area contributed by atoms with E-state index in [1.807, 2.05) is 6.07 Å². The van der Waals surface area contributed by atoms with Crippen LogP contribution in [0.15, 0.2) is 29.2 Å². The third-order valence-corrected chi connectivity index (χ3v) is 7.19. The van der Waals surface area contributed by atoms with Crippen LogP contribution >= 0.6 is 0 Å². The molecule has 1 saturated heterocycles. The zero-order valence-corrected chi connectivity index (χ0v) is 16.2. The van der Waals surface area contributed by atoms with Crippen LogP contribution < -0.4 is 10.2 Å². The SMILES string of the molecule is O=C(Nc1ccc2c(N3CCC(CO)CC3)cc(S(=O)O)cc2n1)C12CC1C2. The van der Waals surface area contributed by atoms with E-state index in [1.165, 1.54) is 0 Å². The highest BCUT2D eigenvalue weighted by Gasteiger charge is 2.74. The van der Waals surface area contributed by atoms with Crippen LogP contribution in [0.4, 0.5) is 11.5 Å². The first-order chi connectivity index (χ1) is 13.5. The molecule has 3 aliphatic rings. The van der Waals surface area contributed by atoms with E-state index >= 15 is 0 Å². The molecule has 3 N–H and O–H groups in total.